The number of hydrogen-bond acceptors (Lipinski definition) is 10. The SMILES string of the molecule is CCC1CN(c2nc(N)c(-c3nnc(N)o3)nc2Cl)CCN1C1CCN(C(=O)c2ccc(C)cc2)CC1. The van der Waals surface area contributed by atoms with Crippen molar-refractivity contribution in [3.63, 3.8) is 0 Å². The fourth-order valence-electron chi connectivity index (χ4n) is 5.29. The Balaban J connectivity index is 1.23. The first-order chi connectivity index (χ1) is 17.8. The van der Waals surface area contributed by atoms with Crippen molar-refractivity contribution in [3.8, 4) is 11.6 Å². The number of carbonyl (C=O) groups excluding carboxylic acids is 1. The van der Waals surface area contributed by atoms with Crippen molar-refractivity contribution in [2.24, 2.45) is 0 Å². The van der Waals surface area contributed by atoms with Gasteiger partial charge in [0.25, 0.3) is 11.8 Å². The van der Waals surface area contributed by atoms with Crippen LogP contribution in [0.3, 0.4) is 0 Å². The third-order valence-electron chi connectivity index (χ3n) is 7.32. The predicted molar refractivity (Wildman–Crippen MR) is 142 cm³/mol. The highest BCUT2D eigenvalue weighted by molar-refractivity contribution is 6.32. The molecule has 2 aromatic heterocycles. The fourth-order valence-corrected chi connectivity index (χ4v) is 5.54. The Hall–Kier alpha value is -3.44. The quantitative estimate of drug-likeness (QED) is 0.510. The molecule has 1 amide bonds. The van der Waals surface area contributed by atoms with Crippen LogP contribution in [0.4, 0.5) is 17.7 Å². The number of likely N-dealkylation sites (tertiary alicyclic amines) is 1. The molecule has 12 heteroatoms. The van der Waals surface area contributed by atoms with Crippen LogP contribution in [0.5, 0.6) is 0 Å². The molecule has 4 heterocycles. The molecule has 0 radical (unpaired) electrons. The summed E-state index contributed by atoms with van der Waals surface area (Å²) in [6.45, 7) is 8.14. The molecule has 37 heavy (non-hydrogen) atoms. The minimum Gasteiger partial charge on any atom is -0.402 e. The van der Waals surface area contributed by atoms with E-state index in [1.54, 1.807) is 0 Å². The first-order valence-electron chi connectivity index (χ1n) is 12.6. The van der Waals surface area contributed by atoms with E-state index in [-0.39, 0.29) is 34.5 Å². The van der Waals surface area contributed by atoms with E-state index in [2.05, 4.69) is 36.9 Å². The minimum absolute atomic E-state index is 0.0799. The maximum absolute atomic E-state index is 12.9. The van der Waals surface area contributed by atoms with Crippen molar-refractivity contribution >= 4 is 35.2 Å². The number of hydrogen-bond donors (Lipinski definition) is 2. The van der Waals surface area contributed by atoms with Crippen LogP contribution < -0.4 is 16.4 Å². The molecule has 0 spiro atoms. The molecule has 5 rings (SSSR count). The number of benzene rings is 1. The van der Waals surface area contributed by atoms with Gasteiger partial charge in [0.1, 0.15) is 0 Å². The summed E-state index contributed by atoms with van der Waals surface area (Å²) >= 11 is 6.53. The highest BCUT2D eigenvalue weighted by Gasteiger charge is 2.35. The van der Waals surface area contributed by atoms with Crippen LogP contribution in [0.1, 0.15) is 42.1 Å². The van der Waals surface area contributed by atoms with Crippen LogP contribution >= 0.6 is 11.6 Å². The number of aromatic nitrogens is 4. The van der Waals surface area contributed by atoms with E-state index in [0.717, 1.165) is 63.1 Å². The number of nitrogens with zero attached hydrogens (tertiary/aromatic N) is 7. The lowest BCUT2D eigenvalue weighted by molar-refractivity contribution is 0.0491. The Labute approximate surface area is 220 Å². The summed E-state index contributed by atoms with van der Waals surface area (Å²) in [6, 6.07) is 8.50. The lowest BCUT2D eigenvalue weighted by atomic mass is 9.97. The number of carbonyl (C=O) groups is 1. The molecule has 0 aliphatic carbocycles. The van der Waals surface area contributed by atoms with Crippen molar-refractivity contribution in [2.75, 3.05) is 49.1 Å². The third-order valence-corrected chi connectivity index (χ3v) is 7.58. The van der Waals surface area contributed by atoms with Gasteiger partial charge in [0.05, 0.1) is 0 Å². The van der Waals surface area contributed by atoms with Crippen molar-refractivity contribution in [1.82, 2.24) is 30.0 Å². The Bertz CT molecular complexity index is 1260. The molecule has 2 saturated heterocycles. The highest BCUT2D eigenvalue weighted by Crippen LogP contribution is 2.32. The molecule has 196 valence electrons. The maximum Gasteiger partial charge on any atom is 0.313 e. The molecule has 4 N–H and O–H groups in total. The third kappa shape index (κ3) is 5.19. The molecule has 2 aliphatic heterocycles. The number of piperazine rings is 1. The number of piperidine rings is 1. The van der Waals surface area contributed by atoms with Gasteiger partial charge in [-0.1, -0.05) is 41.3 Å². The molecule has 0 bridgehead atoms. The van der Waals surface area contributed by atoms with Gasteiger partial charge in [-0.05, 0) is 38.3 Å². The van der Waals surface area contributed by atoms with Crippen molar-refractivity contribution < 1.29 is 9.21 Å². The standard InChI is InChI=1S/C25H32ClN9O2/c1-3-17-14-34(22-20(26)29-19(21(27)30-22)23-31-32-25(28)37-23)12-13-35(17)18-8-10-33(11-9-18)24(36)16-6-4-15(2)5-7-16/h4-7,17-18H,3,8-14H2,1-2H3,(H2,27,30)(H2,28,32). The second-order valence-corrected chi connectivity index (χ2v) is 10.0. The molecule has 3 aromatic rings. The Kier molecular flexibility index (Phi) is 7.16. The maximum atomic E-state index is 12.9. The van der Waals surface area contributed by atoms with Gasteiger partial charge in [-0.2, -0.15) is 0 Å². The van der Waals surface area contributed by atoms with Gasteiger partial charge in [-0.15, -0.1) is 5.10 Å². The summed E-state index contributed by atoms with van der Waals surface area (Å²) in [5.41, 5.74) is 13.8. The molecular weight excluding hydrogens is 494 g/mol. The molecule has 0 saturated carbocycles. The predicted octanol–water partition coefficient (Wildman–Crippen LogP) is 2.86. The number of halogens is 1. The lowest BCUT2D eigenvalue weighted by Gasteiger charge is -2.47. The normalized spacial score (nSPS) is 19.4. The average molecular weight is 526 g/mol. The zero-order valence-electron chi connectivity index (χ0n) is 21.1. The first-order valence-corrected chi connectivity index (χ1v) is 13.0. The Morgan fingerprint density at radius 1 is 1.08 bits per heavy atom. The summed E-state index contributed by atoms with van der Waals surface area (Å²) in [5, 5.41) is 7.69. The summed E-state index contributed by atoms with van der Waals surface area (Å²) in [7, 11) is 0. The highest BCUT2D eigenvalue weighted by atomic mass is 35.5. The molecule has 1 atom stereocenters. The molecule has 1 aromatic carbocycles. The van der Waals surface area contributed by atoms with Crippen molar-refractivity contribution in [2.45, 2.75) is 45.2 Å². The van der Waals surface area contributed by atoms with E-state index >= 15 is 0 Å². The number of anilines is 3. The second kappa shape index (κ2) is 10.5. The van der Waals surface area contributed by atoms with Gasteiger partial charge in [0, 0.05) is 50.4 Å². The fraction of sp³-hybridized carbons (Fsp3) is 0.480. The van der Waals surface area contributed by atoms with Gasteiger partial charge in [-0.3, -0.25) is 9.69 Å². The lowest BCUT2D eigenvalue weighted by Crippen LogP contribution is -2.58. The van der Waals surface area contributed by atoms with Crippen LogP contribution in [0, 0.1) is 6.92 Å². The van der Waals surface area contributed by atoms with E-state index in [4.69, 9.17) is 27.5 Å². The van der Waals surface area contributed by atoms with Crippen molar-refractivity contribution in [1.29, 1.82) is 0 Å². The van der Waals surface area contributed by atoms with Gasteiger partial charge < -0.3 is 25.7 Å². The number of aryl methyl sites for hydroxylation is 1. The molecule has 2 aliphatic rings. The van der Waals surface area contributed by atoms with Crippen LogP contribution in [-0.2, 0) is 0 Å². The summed E-state index contributed by atoms with van der Waals surface area (Å²) < 4.78 is 5.23. The average Bonchev–Trinajstić information content (AvgIpc) is 3.35. The topological polar surface area (TPSA) is 144 Å². The van der Waals surface area contributed by atoms with Crippen LogP contribution in [0.15, 0.2) is 28.7 Å². The smallest absolute Gasteiger partial charge is 0.313 e. The van der Waals surface area contributed by atoms with Gasteiger partial charge >= 0.3 is 6.01 Å². The summed E-state index contributed by atoms with van der Waals surface area (Å²) in [4.78, 5) is 28.6. The van der Waals surface area contributed by atoms with Crippen LogP contribution in [0.25, 0.3) is 11.6 Å². The van der Waals surface area contributed by atoms with Crippen LogP contribution in [-0.4, -0.2) is 80.7 Å². The Morgan fingerprint density at radius 3 is 2.46 bits per heavy atom. The van der Waals surface area contributed by atoms with E-state index in [1.807, 2.05) is 36.1 Å². The largest absolute Gasteiger partial charge is 0.402 e. The second-order valence-electron chi connectivity index (χ2n) is 9.65. The van der Waals surface area contributed by atoms with E-state index in [9.17, 15) is 4.79 Å². The van der Waals surface area contributed by atoms with Gasteiger partial charge in [0.15, 0.2) is 22.5 Å². The van der Waals surface area contributed by atoms with Crippen molar-refractivity contribution in [3.05, 3.63) is 40.5 Å². The first kappa shape index (κ1) is 25.2. The number of nitrogens with two attached hydrogens (primary N) is 2. The zero-order valence-corrected chi connectivity index (χ0v) is 21.9. The monoisotopic (exact) mass is 525 g/mol. The molecule has 1 unspecified atom stereocenters. The van der Waals surface area contributed by atoms with E-state index in [0.29, 0.717) is 17.9 Å². The zero-order chi connectivity index (χ0) is 26.1. The summed E-state index contributed by atoms with van der Waals surface area (Å²) in [6.07, 6.45) is 2.91. The summed E-state index contributed by atoms with van der Waals surface area (Å²) in [5.74, 6) is 0.906. The molecule has 11 nitrogen and oxygen atoms in total. The van der Waals surface area contributed by atoms with Gasteiger partial charge in [0.2, 0.25) is 0 Å². The van der Waals surface area contributed by atoms with E-state index in [1.165, 1.54) is 0 Å². The van der Waals surface area contributed by atoms with Gasteiger partial charge in [-0.25, -0.2) is 9.97 Å². The molecule has 2 fully saturated rings. The molecular formula is C25H32ClN9O2. The minimum atomic E-state index is -0.0799. The number of nitrogen functional groups attached to an aromatic ring is 2. The number of rotatable bonds is 5. The Morgan fingerprint density at radius 2 is 1.81 bits per heavy atom. The van der Waals surface area contributed by atoms with Crippen LogP contribution in [0.2, 0.25) is 5.15 Å². The van der Waals surface area contributed by atoms with E-state index < -0.39 is 0 Å². The number of amides is 1.